The summed E-state index contributed by atoms with van der Waals surface area (Å²) in [5, 5.41) is 13.6. The molecule has 39 heavy (non-hydrogen) atoms. The Hall–Kier alpha value is -2.50. The normalized spacial score (nSPS) is 27.6. The molecule has 1 amide bonds. The Morgan fingerprint density at radius 2 is 2.05 bits per heavy atom. The molecule has 2 N–H and O–H groups in total. The van der Waals surface area contributed by atoms with Crippen molar-refractivity contribution in [1.29, 1.82) is 0 Å². The largest absolute Gasteiger partial charge is 0.390 e. The summed E-state index contributed by atoms with van der Waals surface area (Å²) < 4.78 is 12.5. The topological polar surface area (TPSA) is 110 Å². The standard InChI is InChI=1S/C29H37N5O4S/c1-17(2)23-15-37-9-8-34(23)21-10-19(11-21)28(36)33-29-32-22-7-6-18(12-26(22)39-29)20-13-30-27(31-14-20)16-38-25-5-3-4-24(25)35/h6-7,12-14,17,19,21,23-25,35H,3-5,8-11,15-16H2,1-2H3,(H,32,33,36)/t19?,21?,23-,24-,25-/m0/s1. The number of nitrogens with zero attached hydrogens (tertiary/aromatic N) is 4. The van der Waals surface area contributed by atoms with Crippen molar-refractivity contribution in [3.05, 3.63) is 36.4 Å². The molecule has 3 atom stereocenters. The maximum atomic E-state index is 13.0. The lowest BCUT2D eigenvalue weighted by Crippen LogP contribution is -2.58. The minimum atomic E-state index is -0.386. The summed E-state index contributed by atoms with van der Waals surface area (Å²) in [6.45, 7) is 7.31. The zero-order valence-corrected chi connectivity index (χ0v) is 23.4. The molecule has 2 aromatic heterocycles. The van der Waals surface area contributed by atoms with E-state index in [0.717, 1.165) is 73.2 Å². The number of carbonyl (C=O) groups excluding carboxylic acids is 1. The molecule has 1 saturated heterocycles. The highest BCUT2D eigenvalue weighted by Gasteiger charge is 2.42. The molecule has 2 saturated carbocycles. The van der Waals surface area contributed by atoms with Gasteiger partial charge in [0.1, 0.15) is 6.61 Å². The number of nitrogens with one attached hydrogen (secondary N) is 1. The van der Waals surface area contributed by atoms with Crippen LogP contribution < -0.4 is 5.32 Å². The van der Waals surface area contributed by atoms with E-state index >= 15 is 0 Å². The second-order valence-corrected chi connectivity index (χ2v) is 12.4. The monoisotopic (exact) mass is 551 g/mol. The number of carbonyl (C=O) groups is 1. The van der Waals surface area contributed by atoms with Gasteiger partial charge in [-0.3, -0.25) is 9.69 Å². The highest BCUT2D eigenvalue weighted by atomic mass is 32.1. The first-order valence-electron chi connectivity index (χ1n) is 14.1. The third kappa shape index (κ3) is 5.85. The van der Waals surface area contributed by atoms with Gasteiger partial charge < -0.3 is 19.9 Å². The van der Waals surface area contributed by atoms with Gasteiger partial charge in [0.2, 0.25) is 5.91 Å². The number of ether oxygens (including phenoxy) is 2. The fraction of sp³-hybridized carbons (Fsp3) is 0.586. The van der Waals surface area contributed by atoms with Gasteiger partial charge in [-0.1, -0.05) is 31.3 Å². The van der Waals surface area contributed by atoms with E-state index < -0.39 is 0 Å². The SMILES string of the molecule is CC(C)[C@@H]1COCCN1C1CC(C(=O)Nc2nc3ccc(-c4cnc(CO[C@H]5CCC[C@@H]5O)nc4)cc3s2)C1. The second-order valence-electron chi connectivity index (χ2n) is 11.4. The maximum absolute atomic E-state index is 13.0. The van der Waals surface area contributed by atoms with Gasteiger partial charge in [-0.2, -0.15) is 0 Å². The van der Waals surface area contributed by atoms with E-state index in [1.807, 2.05) is 12.1 Å². The van der Waals surface area contributed by atoms with Crippen molar-refractivity contribution >= 4 is 32.6 Å². The summed E-state index contributed by atoms with van der Waals surface area (Å²) >= 11 is 1.49. The van der Waals surface area contributed by atoms with E-state index in [1.165, 1.54) is 11.3 Å². The van der Waals surface area contributed by atoms with Crippen molar-refractivity contribution in [3.8, 4) is 11.1 Å². The molecule has 3 fully saturated rings. The molecule has 2 aliphatic carbocycles. The fourth-order valence-corrected chi connectivity index (χ4v) is 6.87. The Morgan fingerprint density at radius 1 is 1.23 bits per heavy atom. The molecule has 6 rings (SSSR count). The Bertz CT molecular complexity index is 1290. The first kappa shape index (κ1) is 26.7. The van der Waals surface area contributed by atoms with Crippen LogP contribution in [0, 0.1) is 11.8 Å². The third-order valence-corrected chi connectivity index (χ3v) is 9.37. The molecule has 0 bridgehead atoms. The Kier molecular flexibility index (Phi) is 7.91. The molecular weight excluding hydrogens is 514 g/mol. The van der Waals surface area contributed by atoms with E-state index in [9.17, 15) is 9.90 Å². The number of hydrogen-bond donors (Lipinski definition) is 2. The van der Waals surface area contributed by atoms with Crippen molar-refractivity contribution in [2.45, 2.75) is 76.9 Å². The molecule has 0 unspecified atom stereocenters. The summed E-state index contributed by atoms with van der Waals surface area (Å²) in [6.07, 6.45) is 7.55. The van der Waals surface area contributed by atoms with Crippen LogP contribution in [-0.4, -0.2) is 74.9 Å². The fourth-order valence-electron chi connectivity index (χ4n) is 5.96. The maximum Gasteiger partial charge on any atom is 0.229 e. The lowest BCUT2D eigenvalue weighted by molar-refractivity contribution is -0.127. The van der Waals surface area contributed by atoms with Crippen molar-refractivity contribution < 1.29 is 19.4 Å². The smallest absolute Gasteiger partial charge is 0.229 e. The third-order valence-electron chi connectivity index (χ3n) is 8.43. The lowest BCUT2D eigenvalue weighted by atomic mass is 9.77. The summed E-state index contributed by atoms with van der Waals surface area (Å²) in [4.78, 5) is 29.1. The van der Waals surface area contributed by atoms with Crippen molar-refractivity contribution in [3.63, 3.8) is 0 Å². The first-order chi connectivity index (χ1) is 18.9. The van der Waals surface area contributed by atoms with Crippen molar-refractivity contribution in [2.24, 2.45) is 11.8 Å². The van der Waals surface area contributed by atoms with Gasteiger partial charge in [0.15, 0.2) is 11.0 Å². The van der Waals surface area contributed by atoms with Crippen LogP contribution in [0.15, 0.2) is 30.6 Å². The van der Waals surface area contributed by atoms with Crippen molar-refractivity contribution in [2.75, 3.05) is 25.1 Å². The Morgan fingerprint density at radius 3 is 2.79 bits per heavy atom. The van der Waals surface area contributed by atoms with E-state index in [0.29, 0.717) is 35.6 Å². The molecule has 0 radical (unpaired) electrons. The minimum Gasteiger partial charge on any atom is -0.390 e. The molecule has 10 heteroatoms. The predicted octanol–water partition coefficient (Wildman–Crippen LogP) is 4.26. The van der Waals surface area contributed by atoms with E-state index in [1.54, 1.807) is 12.4 Å². The van der Waals surface area contributed by atoms with Gasteiger partial charge in [-0.05, 0) is 55.7 Å². The van der Waals surface area contributed by atoms with Crippen LogP contribution in [-0.2, 0) is 20.9 Å². The van der Waals surface area contributed by atoms with Crippen molar-refractivity contribution in [1.82, 2.24) is 19.9 Å². The van der Waals surface area contributed by atoms with Crippen LogP contribution in [0.25, 0.3) is 21.3 Å². The molecule has 208 valence electrons. The molecule has 3 aliphatic rings. The number of amides is 1. The average molecular weight is 552 g/mol. The van der Waals surface area contributed by atoms with Crippen LogP contribution in [0.2, 0.25) is 0 Å². The number of rotatable bonds is 8. The van der Waals surface area contributed by atoms with Gasteiger partial charge in [0.05, 0.1) is 35.6 Å². The van der Waals surface area contributed by atoms with Crippen LogP contribution in [0.1, 0.15) is 51.8 Å². The highest BCUT2D eigenvalue weighted by Crippen LogP contribution is 2.37. The minimum absolute atomic E-state index is 0.0322. The Balaban J connectivity index is 1.04. The van der Waals surface area contributed by atoms with E-state index in [4.69, 9.17) is 9.47 Å². The number of fused-ring (bicyclic) bond motifs is 1. The molecule has 1 aromatic carbocycles. The van der Waals surface area contributed by atoms with Crippen LogP contribution >= 0.6 is 11.3 Å². The predicted molar refractivity (Wildman–Crippen MR) is 150 cm³/mol. The van der Waals surface area contributed by atoms with Gasteiger partial charge >= 0.3 is 0 Å². The summed E-state index contributed by atoms with van der Waals surface area (Å²) in [6, 6.07) is 6.94. The van der Waals surface area contributed by atoms with Crippen LogP contribution in [0.3, 0.4) is 0 Å². The number of morpholine rings is 1. The molecule has 3 heterocycles. The van der Waals surface area contributed by atoms with Crippen LogP contribution in [0.5, 0.6) is 0 Å². The summed E-state index contributed by atoms with van der Waals surface area (Å²) in [5.74, 6) is 1.25. The number of anilines is 1. The van der Waals surface area contributed by atoms with Gasteiger partial charge in [-0.25, -0.2) is 15.0 Å². The zero-order valence-electron chi connectivity index (χ0n) is 22.6. The number of benzene rings is 1. The zero-order chi connectivity index (χ0) is 26.9. The molecule has 0 spiro atoms. The number of aliphatic hydroxyl groups excluding tert-OH is 1. The first-order valence-corrected chi connectivity index (χ1v) is 14.9. The molecular formula is C29H37N5O4S. The second kappa shape index (κ2) is 11.5. The van der Waals surface area contributed by atoms with Gasteiger partial charge in [-0.15, -0.1) is 0 Å². The number of hydrogen-bond acceptors (Lipinski definition) is 9. The quantitative estimate of drug-likeness (QED) is 0.428. The van der Waals surface area contributed by atoms with E-state index in [-0.39, 0.29) is 24.0 Å². The Labute approximate surface area is 233 Å². The van der Waals surface area contributed by atoms with Crippen LogP contribution in [0.4, 0.5) is 5.13 Å². The summed E-state index contributed by atoms with van der Waals surface area (Å²) in [5.41, 5.74) is 2.76. The van der Waals surface area contributed by atoms with Gasteiger partial charge in [0, 0.05) is 42.5 Å². The summed E-state index contributed by atoms with van der Waals surface area (Å²) in [7, 11) is 0. The molecule has 1 aliphatic heterocycles. The average Bonchev–Trinajstić information content (AvgIpc) is 3.51. The lowest BCUT2D eigenvalue weighted by Gasteiger charge is -2.48. The number of aliphatic hydroxyl groups is 1. The number of thiazole rings is 1. The molecule has 3 aromatic rings. The highest BCUT2D eigenvalue weighted by molar-refractivity contribution is 7.22. The number of aromatic nitrogens is 3. The molecule has 9 nitrogen and oxygen atoms in total. The van der Waals surface area contributed by atoms with E-state index in [2.05, 4.69) is 45.1 Å². The van der Waals surface area contributed by atoms with Gasteiger partial charge in [0.25, 0.3) is 0 Å².